The summed E-state index contributed by atoms with van der Waals surface area (Å²) in [5.41, 5.74) is 7.50. The highest BCUT2D eigenvalue weighted by atomic mass is 79.9. The van der Waals surface area contributed by atoms with E-state index in [1.165, 1.54) is 5.56 Å². The van der Waals surface area contributed by atoms with Gasteiger partial charge in [-0.1, -0.05) is 22.0 Å². The number of ether oxygens (including phenoxy) is 3. The molecule has 2 aromatic rings. The van der Waals surface area contributed by atoms with E-state index in [2.05, 4.69) is 49.1 Å². The molecule has 0 bridgehead atoms. The third-order valence-electron chi connectivity index (χ3n) is 8.43. The lowest BCUT2D eigenvalue weighted by Crippen LogP contribution is -2.55. The standard InChI is InChI=1S/C21H28N4O4.C11H10BrN3O2/c1-13-19(26)23-22-18-12-28-17-6-5-15(11-16(17)25(13)18)14-7-9-24(10-8-14)20(27)29-21(2,3)4;1-6-11(16)14-13-10-5-17-9-3-2-7(12)4-8(9)15(6)10/h5-6,11,13-14H,7-10,12H2,1-4H3,(H,23,26);2-4,6H,5H2,1H3,(H,14,16)/t13-;6-/m11/s1. The molecule has 2 aromatic carbocycles. The van der Waals surface area contributed by atoms with E-state index in [0.717, 1.165) is 46.0 Å². The van der Waals surface area contributed by atoms with E-state index in [-0.39, 0.29) is 30.0 Å². The number of hydrogen-bond acceptors (Lipinski definition) is 10. The predicted octanol–water partition coefficient (Wildman–Crippen LogP) is 4.31. The molecule has 14 heteroatoms. The number of anilines is 2. The van der Waals surface area contributed by atoms with Gasteiger partial charge in [0.1, 0.15) is 42.4 Å². The number of halogens is 1. The lowest BCUT2D eigenvalue weighted by Gasteiger charge is -2.39. The number of nitrogens with one attached hydrogen (secondary N) is 2. The fourth-order valence-electron chi connectivity index (χ4n) is 6.02. The Balaban J connectivity index is 0.000000185. The van der Waals surface area contributed by atoms with Gasteiger partial charge in [0.05, 0.1) is 11.4 Å². The Morgan fingerprint density at radius 1 is 0.870 bits per heavy atom. The molecule has 244 valence electrons. The number of benzene rings is 2. The molecule has 13 nitrogen and oxygen atoms in total. The molecule has 5 aliphatic heterocycles. The fourth-order valence-corrected chi connectivity index (χ4v) is 6.37. The molecule has 0 aromatic heterocycles. The summed E-state index contributed by atoms with van der Waals surface area (Å²) in [4.78, 5) is 41.7. The second kappa shape index (κ2) is 12.5. The van der Waals surface area contributed by atoms with E-state index in [1.807, 2.05) is 68.7 Å². The Labute approximate surface area is 276 Å². The lowest BCUT2D eigenvalue weighted by molar-refractivity contribution is -0.123. The largest absolute Gasteiger partial charge is 0.483 e. The van der Waals surface area contributed by atoms with Gasteiger partial charge in [-0.3, -0.25) is 9.59 Å². The number of nitrogens with zero attached hydrogens (tertiary/aromatic N) is 5. The number of piperidine rings is 1. The summed E-state index contributed by atoms with van der Waals surface area (Å²) in [5, 5.41) is 8.16. The molecular formula is C32H38BrN7O6. The first-order valence-corrected chi connectivity index (χ1v) is 16.2. The van der Waals surface area contributed by atoms with Crippen molar-refractivity contribution in [2.75, 3.05) is 36.1 Å². The van der Waals surface area contributed by atoms with Gasteiger partial charge < -0.3 is 28.9 Å². The van der Waals surface area contributed by atoms with Gasteiger partial charge >= 0.3 is 6.09 Å². The molecule has 3 amide bonds. The van der Waals surface area contributed by atoms with Crippen molar-refractivity contribution in [3.63, 3.8) is 0 Å². The molecule has 7 rings (SSSR count). The van der Waals surface area contributed by atoms with Crippen LogP contribution in [0.2, 0.25) is 0 Å². The molecule has 5 heterocycles. The number of carbonyl (C=O) groups excluding carboxylic acids is 3. The van der Waals surface area contributed by atoms with Crippen molar-refractivity contribution in [3.8, 4) is 11.5 Å². The average Bonchev–Trinajstić information content (AvgIpc) is 3.03. The number of amidine groups is 2. The maximum absolute atomic E-state index is 12.3. The Morgan fingerprint density at radius 2 is 1.39 bits per heavy atom. The normalized spacial score (nSPS) is 22.1. The Bertz CT molecular complexity index is 1610. The second-order valence-corrected chi connectivity index (χ2v) is 13.7. The van der Waals surface area contributed by atoms with Crippen LogP contribution in [0.25, 0.3) is 0 Å². The zero-order valence-electron chi connectivity index (χ0n) is 26.5. The molecule has 0 unspecified atom stereocenters. The number of hydrogen-bond donors (Lipinski definition) is 2. The maximum atomic E-state index is 12.3. The van der Waals surface area contributed by atoms with Crippen molar-refractivity contribution >= 4 is 56.9 Å². The van der Waals surface area contributed by atoms with Crippen molar-refractivity contribution in [3.05, 3.63) is 46.4 Å². The minimum Gasteiger partial charge on any atom is -0.483 e. The van der Waals surface area contributed by atoms with Crippen molar-refractivity contribution in [1.82, 2.24) is 15.8 Å². The van der Waals surface area contributed by atoms with Crippen LogP contribution in [0.5, 0.6) is 11.5 Å². The zero-order chi connectivity index (χ0) is 32.7. The van der Waals surface area contributed by atoms with Gasteiger partial charge in [0.25, 0.3) is 11.8 Å². The molecule has 5 aliphatic rings. The highest BCUT2D eigenvalue weighted by molar-refractivity contribution is 9.10. The molecule has 0 aliphatic carbocycles. The summed E-state index contributed by atoms with van der Waals surface area (Å²) in [7, 11) is 0. The first-order chi connectivity index (χ1) is 21.9. The predicted molar refractivity (Wildman–Crippen MR) is 176 cm³/mol. The number of carbonyl (C=O) groups is 3. The zero-order valence-corrected chi connectivity index (χ0v) is 28.1. The Kier molecular flexibility index (Phi) is 8.57. The molecule has 0 radical (unpaired) electrons. The van der Waals surface area contributed by atoms with Crippen molar-refractivity contribution < 1.29 is 28.6 Å². The summed E-state index contributed by atoms with van der Waals surface area (Å²) in [6.07, 6.45) is 1.50. The lowest BCUT2D eigenvalue weighted by atomic mass is 9.89. The van der Waals surface area contributed by atoms with Crippen molar-refractivity contribution in [1.29, 1.82) is 0 Å². The monoisotopic (exact) mass is 695 g/mol. The summed E-state index contributed by atoms with van der Waals surface area (Å²) < 4.78 is 17.8. The van der Waals surface area contributed by atoms with Crippen LogP contribution >= 0.6 is 15.9 Å². The highest BCUT2D eigenvalue weighted by Gasteiger charge is 2.37. The third kappa shape index (κ3) is 6.35. The summed E-state index contributed by atoms with van der Waals surface area (Å²) in [6.45, 7) is 11.4. The van der Waals surface area contributed by atoms with Crippen LogP contribution in [0.3, 0.4) is 0 Å². The van der Waals surface area contributed by atoms with Crippen LogP contribution in [0.4, 0.5) is 16.2 Å². The van der Waals surface area contributed by atoms with Crippen molar-refractivity contribution in [2.45, 2.75) is 71.1 Å². The molecule has 0 spiro atoms. The van der Waals surface area contributed by atoms with E-state index < -0.39 is 5.60 Å². The smallest absolute Gasteiger partial charge is 0.410 e. The molecule has 1 fully saturated rings. The quantitative estimate of drug-likeness (QED) is 0.451. The van der Waals surface area contributed by atoms with E-state index in [1.54, 1.807) is 4.90 Å². The van der Waals surface area contributed by atoms with E-state index in [4.69, 9.17) is 14.2 Å². The molecule has 0 saturated carbocycles. The highest BCUT2D eigenvalue weighted by Crippen LogP contribution is 2.40. The van der Waals surface area contributed by atoms with Gasteiger partial charge in [0.2, 0.25) is 0 Å². The number of likely N-dealkylation sites (tertiary alicyclic amines) is 1. The summed E-state index contributed by atoms with van der Waals surface area (Å²) in [6, 6.07) is 11.3. The molecular weight excluding hydrogens is 658 g/mol. The van der Waals surface area contributed by atoms with E-state index in [9.17, 15) is 14.4 Å². The Morgan fingerprint density at radius 3 is 1.93 bits per heavy atom. The average molecular weight is 697 g/mol. The van der Waals surface area contributed by atoms with Crippen LogP contribution in [0, 0.1) is 0 Å². The number of hydrazone groups is 2. The first kappa shape index (κ1) is 31.6. The van der Waals surface area contributed by atoms with E-state index >= 15 is 0 Å². The maximum Gasteiger partial charge on any atom is 0.410 e. The van der Waals surface area contributed by atoms with Crippen LogP contribution < -0.4 is 30.1 Å². The summed E-state index contributed by atoms with van der Waals surface area (Å²) >= 11 is 3.42. The van der Waals surface area contributed by atoms with Crippen LogP contribution in [0.1, 0.15) is 58.9 Å². The third-order valence-corrected chi connectivity index (χ3v) is 8.93. The Hall–Kier alpha value is -4.33. The minimum atomic E-state index is -0.483. The first-order valence-electron chi connectivity index (χ1n) is 15.4. The van der Waals surface area contributed by atoms with E-state index in [0.29, 0.717) is 38.1 Å². The van der Waals surface area contributed by atoms with Gasteiger partial charge in [-0.2, -0.15) is 10.2 Å². The number of fused-ring (bicyclic) bond motifs is 6. The minimum absolute atomic E-state index is 0.110. The second-order valence-electron chi connectivity index (χ2n) is 12.8. The molecule has 46 heavy (non-hydrogen) atoms. The fraction of sp³-hybridized carbons (Fsp3) is 0.469. The van der Waals surface area contributed by atoms with Gasteiger partial charge in [-0.15, -0.1) is 0 Å². The molecule has 1 saturated heterocycles. The molecule has 2 atom stereocenters. The van der Waals surface area contributed by atoms with Crippen LogP contribution in [0.15, 0.2) is 51.1 Å². The topological polar surface area (TPSA) is 137 Å². The number of amides is 3. The number of rotatable bonds is 1. The van der Waals surface area contributed by atoms with Gasteiger partial charge in [-0.05, 0) is 89.3 Å². The molecule has 2 N–H and O–H groups in total. The van der Waals surface area contributed by atoms with Gasteiger partial charge in [-0.25, -0.2) is 15.6 Å². The van der Waals surface area contributed by atoms with Crippen LogP contribution in [-0.4, -0.2) is 78.5 Å². The SMILES string of the molecule is C[C@@H]1C(=O)NN=C2COc3ccc(Br)cc3N21.C[C@@H]1C(=O)NN=C2COc3ccc(C4CCN(C(=O)OC(C)(C)C)CC4)cc3N21. The van der Waals surface area contributed by atoms with Gasteiger partial charge in [0, 0.05) is 17.6 Å². The summed E-state index contributed by atoms with van der Waals surface area (Å²) in [5.74, 6) is 3.08. The van der Waals surface area contributed by atoms with Gasteiger partial charge in [0.15, 0.2) is 11.7 Å². The van der Waals surface area contributed by atoms with Crippen molar-refractivity contribution in [2.24, 2.45) is 10.2 Å². The van der Waals surface area contributed by atoms with Crippen LogP contribution in [-0.2, 0) is 14.3 Å².